The Hall–Kier alpha value is -0.830. The van der Waals surface area contributed by atoms with Gasteiger partial charge in [-0.1, -0.05) is 45.2 Å². The summed E-state index contributed by atoms with van der Waals surface area (Å²) in [6.45, 7) is 7.53. The van der Waals surface area contributed by atoms with E-state index in [0.29, 0.717) is 11.2 Å². The standard InChI is InChI=1S/C17H26ClN3/c1-17(2,3)16-19-14(18)11-15(20-16)21-10-6-8-12-7-4-5-9-13(12)21/h11-13H,4-10H2,1-3H3/t12-,13-/m1/s1. The van der Waals surface area contributed by atoms with Crippen LogP contribution >= 0.6 is 11.6 Å². The van der Waals surface area contributed by atoms with Gasteiger partial charge in [-0.2, -0.15) is 0 Å². The molecule has 2 atom stereocenters. The van der Waals surface area contributed by atoms with Gasteiger partial charge in [0, 0.05) is 24.1 Å². The predicted octanol–water partition coefficient (Wildman–Crippen LogP) is 4.59. The minimum Gasteiger partial charge on any atom is -0.353 e. The van der Waals surface area contributed by atoms with Crippen LogP contribution in [0.2, 0.25) is 5.15 Å². The number of hydrogen-bond acceptors (Lipinski definition) is 3. The smallest absolute Gasteiger partial charge is 0.137 e. The molecule has 1 aromatic rings. The van der Waals surface area contributed by atoms with E-state index in [9.17, 15) is 0 Å². The Morgan fingerprint density at radius 1 is 1.10 bits per heavy atom. The zero-order valence-electron chi connectivity index (χ0n) is 13.4. The zero-order chi connectivity index (χ0) is 15.0. The van der Waals surface area contributed by atoms with Gasteiger partial charge in [0.15, 0.2) is 0 Å². The molecule has 0 bridgehead atoms. The van der Waals surface area contributed by atoms with Gasteiger partial charge in [-0.3, -0.25) is 0 Å². The van der Waals surface area contributed by atoms with Crippen molar-refractivity contribution in [2.24, 2.45) is 5.92 Å². The molecule has 0 spiro atoms. The second kappa shape index (κ2) is 5.75. The highest BCUT2D eigenvalue weighted by Gasteiger charge is 2.34. The highest BCUT2D eigenvalue weighted by Crippen LogP contribution is 2.38. The fraction of sp³-hybridized carbons (Fsp3) is 0.765. The lowest BCUT2D eigenvalue weighted by Crippen LogP contribution is -2.47. The second-order valence-corrected chi connectivity index (χ2v) is 7.96. The molecule has 3 rings (SSSR count). The van der Waals surface area contributed by atoms with E-state index < -0.39 is 0 Å². The van der Waals surface area contributed by atoms with E-state index in [-0.39, 0.29) is 5.41 Å². The maximum Gasteiger partial charge on any atom is 0.137 e. The van der Waals surface area contributed by atoms with Crippen LogP contribution in [-0.2, 0) is 5.41 Å². The molecule has 0 aromatic carbocycles. The maximum atomic E-state index is 6.27. The summed E-state index contributed by atoms with van der Waals surface area (Å²) in [5, 5.41) is 0.572. The van der Waals surface area contributed by atoms with E-state index in [4.69, 9.17) is 16.6 Å². The highest BCUT2D eigenvalue weighted by atomic mass is 35.5. The Kier molecular flexibility index (Phi) is 4.13. The topological polar surface area (TPSA) is 29.0 Å². The maximum absolute atomic E-state index is 6.27. The summed E-state index contributed by atoms with van der Waals surface area (Å²) in [6, 6.07) is 2.61. The molecule has 2 aliphatic rings. The molecule has 116 valence electrons. The van der Waals surface area contributed by atoms with Crippen LogP contribution in [0.1, 0.15) is 65.1 Å². The lowest BCUT2D eigenvalue weighted by Gasteiger charge is -2.45. The van der Waals surface area contributed by atoms with Crippen molar-refractivity contribution in [1.82, 2.24) is 9.97 Å². The van der Waals surface area contributed by atoms with Gasteiger partial charge in [-0.05, 0) is 31.6 Å². The Labute approximate surface area is 133 Å². The molecule has 1 saturated carbocycles. The molecule has 2 fully saturated rings. The molecule has 0 N–H and O–H groups in total. The average molecular weight is 308 g/mol. The normalized spacial score (nSPS) is 26.6. The zero-order valence-corrected chi connectivity index (χ0v) is 14.2. The molecule has 0 unspecified atom stereocenters. The van der Waals surface area contributed by atoms with Gasteiger partial charge >= 0.3 is 0 Å². The van der Waals surface area contributed by atoms with Crippen molar-refractivity contribution in [2.45, 2.75) is 70.8 Å². The van der Waals surface area contributed by atoms with Crippen LogP contribution in [0, 0.1) is 5.92 Å². The third-order valence-electron chi connectivity index (χ3n) is 4.89. The van der Waals surface area contributed by atoms with E-state index >= 15 is 0 Å². The number of halogens is 1. The Morgan fingerprint density at radius 2 is 1.81 bits per heavy atom. The number of hydrogen-bond donors (Lipinski definition) is 0. The van der Waals surface area contributed by atoms with Crippen molar-refractivity contribution in [3.8, 4) is 0 Å². The van der Waals surface area contributed by atoms with Crippen LogP contribution in [0.15, 0.2) is 6.07 Å². The first-order valence-corrected chi connectivity index (χ1v) is 8.64. The van der Waals surface area contributed by atoms with Crippen LogP contribution in [0.3, 0.4) is 0 Å². The summed E-state index contributed by atoms with van der Waals surface area (Å²) in [5.41, 5.74) is -0.0681. The minimum atomic E-state index is -0.0681. The Balaban J connectivity index is 1.93. The molecule has 1 saturated heterocycles. The van der Waals surface area contributed by atoms with E-state index in [1.807, 2.05) is 6.07 Å². The first kappa shape index (κ1) is 15.1. The minimum absolute atomic E-state index is 0.0681. The van der Waals surface area contributed by atoms with E-state index in [0.717, 1.165) is 24.1 Å². The van der Waals surface area contributed by atoms with Gasteiger partial charge < -0.3 is 4.90 Å². The Bertz CT molecular complexity index is 507. The summed E-state index contributed by atoms with van der Waals surface area (Å²) in [7, 11) is 0. The van der Waals surface area contributed by atoms with Crippen molar-refractivity contribution in [2.75, 3.05) is 11.4 Å². The van der Waals surface area contributed by atoms with Crippen molar-refractivity contribution >= 4 is 17.4 Å². The number of nitrogens with zero attached hydrogens (tertiary/aromatic N) is 3. The van der Waals surface area contributed by atoms with Crippen LogP contribution in [0.25, 0.3) is 0 Å². The molecule has 1 aromatic heterocycles. The summed E-state index contributed by atoms with van der Waals surface area (Å²) < 4.78 is 0. The van der Waals surface area contributed by atoms with Crippen LogP contribution in [0.4, 0.5) is 5.82 Å². The summed E-state index contributed by atoms with van der Waals surface area (Å²) in [4.78, 5) is 11.8. The molecular weight excluding hydrogens is 282 g/mol. The largest absolute Gasteiger partial charge is 0.353 e. The van der Waals surface area contributed by atoms with E-state index in [1.165, 1.54) is 38.5 Å². The number of rotatable bonds is 1. The highest BCUT2D eigenvalue weighted by molar-refractivity contribution is 6.29. The SMILES string of the molecule is CC(C)(C)c1nc(Cl)cc(N2CCC[C@H]3CCCC[C@H]32)n1. The fourth-order valence-corrected chi connectivity index (χ4v) is 3.98. The molecule has 0 radical (unpaired) electrons. The summed E-state index contributed by atoms with van der Waals surface area (Å²) in [5.74, 6) is 2.73. The lowest BCUT2D eigenvalue weighted by atomic mass is 9.78. The molecule has 1 aliphatic carbocycles. The van der Waals surface area contributed by atoms with E-state index in [2.05, 4.69) is 30.7 Å². The Morgan fingerprint density at radius 3 is 2.57 bits per heavy atom. The van der Waals surface area contributed by atoms with E-state index in [1.54, 1.807) is 0 Å². The van der Waals surface area contributed by atoms with Crippen molar-refractivity contribution < 1.29 is 0 Å². The van der Waals surface area contributed by atoms with Crippen LogP contribution in [0.5, 0.6) is 0 Å². The lowest BCUT2D eigenvalue weighted by molar-refractivity contribution is 0.242. The first-order chi connectivity index (χ1) is 9.95. The monoisotopic (exact) mass is 307 g/mol. The molecule has 21 heavy (non-hydrogen) atoms. The third-order valence-corrected chi connectivity index (χ3v) is 5.08. The van der Waals surface area contributed by atoms with Crippen molar-refractivity contribution in [3.63, 3.8) is 0 Å². The predicted molar refractivity (Wildman–Crippen MR) is 88.1 cm³/mol. The van der Waals surface area contributed by atoms with Gasteiger partial charge in [-0.15, -0.1) is 0 Å². The molecule has 2 heterocycles. The molecule has 3 nitrogen and oxygen atoms in total. The molecule has 0 amide bonds. The quantitative estimate of drug-likeness (QED) is 0.711. The first-order valence-electron chi connectivity index (χ1n) is 8.27. The van der Waals surface area contributed by atoms with Crippen molar-refractivity contribution in [1.29, 1.82) is 0 Å². The van der Waals surface area contributed by atoms with Crippen LogP contribution < -0.4 is 4.90 Å². The number of anilines is 1. The van der Waals surface area contributed by atoms with Gasteiger partial charge in [0.25, 0.3) is 0 Å². The van der Waals surface area contributed by atoms with Crippen molar-refractivity contribution in [3.05, 3.63) is 17.0 Å². The molecule has 1 aliphatic heterocycles. The van der Waals surface area contributed by atoms with Gasteiger partial charge in [-0.25, -0.2) is 9.97 Å². The second-order valence-electron chi connectivity index (χ2n) is 7.57. The summed E-state index contributed by atoms with van der Waals surface area (Å²) >= 11 is 6.27. The molecular formula is C17H26ClN3. The third kappa shape index (κ3) is 3.18. The van der Waals surface area contributed by atoms with Crippen LogP contribution in [-0.4, -0.2) is 22.6 Å². The van der Waals surface area contributed by atoms with Gasteiger partial charge in [0.2, 0.25) is 0 Å². The fourth-order valence-electron chi connectivity index (χ4n) is 3.80. The summed E-state index contributed by atoms with van der Waals surface area (Å²) in [6.07, 6.45) is 8.08. The molecule has 4 heteroatoms. The number of piperidine rings is 1. The number of aromatic nitrogens is 2. The van der Waals surface area contributed by atoms with Gasteiger partial charge in [0.1, 0.15) is 16.8 Å². The van der Waals surface area contributed by atoms with Gasteiger partial charge in [0.05, 0.1) is 0 Å². The average Bonchev–Trinajstić information content (AvgIpc) is 2.45. The number of fused-ring (bicyclic) bond motifs is 1.